The summed E-state index contributed by atoms with van der Waals surface area (Å²) in [6, 6.07) is 20.7. The normalized spacial score (nSPS) is 16.7. The molecule has 1 unspecified atom stereocenters. The maximum absolute atomic E-state index is 5.61. The van der Waals surface area contributed by atoms with Gasteiger partial charge < -0.3 is 14.6 Å². The molecule has 6 heteroatoms. The number of guanidine groups is 1. The molecular formula is C22H25IN4O. The van der Waals surface area contributed by atoms with E-state index in [1.165, 1.54) is 5.56 Å². The quantitative estimate of drug-likeness (QED) is 0.333. The van der Waals surface area contributed by atoms with Gasteiger partial charge in [-0.3, -0.25) is 4.99 Å². The first-order chi connectivity index (χ1) is 13.3. The first-order valence-electron chi connectivity index (χ1n) is 9.34. The van der Waals surface area contributed by atoms with E-state index in [0.717, 1.165) is 36.7 Å². The van der Waals surface area contributed by atoms with Crippen molar-refractivity contribution in [3.63, 3.8) is 0 Å². The van der Waals surface area contributed by atoms with Crippen LogP contribution in [-0.2, 0) is 6.54 Å². The molecule has 1 aromatic heterocycles. The van der Waals surface area contributed by atoms with Crippen molar-refractivity contribution >= 4 is 29.9 Å². The van der Waals surface area contributed by atoms with E-state index in [0.29, 0.717) is 18.4 Å². The van der Waals surface area contributed by atoms with Gasteiger partial charge in [0.25, 0.3) is 0 Å². The molecule has 1 atom stereocenters. The Morgan fingerprint density at radius 2 is 1.86 bits per heavy atom. The average Bonchev–Trinajstić information content (AvgIpc) is 3.40. The fourth-order valence-electron chi connectivity index (χ4n) is 3.55. The summed E-state index contributed by atoms with van der Waals surface area (Å²) < 4.78 is 5.61. The summed E-state index contributed by atoms with van der Waals surface area (Å²) in [4.78, 5) is 11.3. The maximum atomic E-state index is 5.61. The van der Waals surface area contributed by atoms with Crippen molar-refractivity contribution in [2.24, 2.45) is 4.99 Å². The van der Waals surface area contributed by atoms with Crippen molar-refractivity contribution in [1.29, 1.82) is 0 Å². The van der Waals surface area contributed by atoms with Gasteiger partial charge in [-0.15, -0.1) is 24.0 Å². The lowest BCUT2D eigenvalue weighted by Crippen LogP contribution is -2.39. The van der Waals surface area contributed by atoms with Crippen LogP contribution in [0.25, 0.3) is 11.5 Å². The van der Waals surface area contributed by atoms with E-state index in [1.807, 2.05) is 37.4 Å². The zero-order valence-corrected chi connectivity index (χ0v) is 18.2. The molecule has 0 aliphatic carbocycles. The average molecular weight is 488 g/mol. The number of hydrogen-bond donors (Lipinski definition) is 1. The summed E-state index contributed by atoms with van der Waals surface area (Å²) in [6.07, 6.45) is 2.85. The molecule has 2 heterocycles. The standard InChI is InChI=1S/C22H24N4O.HI/c1-23-22(26-13-12-19(15-26)17-8-4-2-5-9-17)24-14-20-16-27-21(25-20)18-10-6-3-7-11-18;/h2-11,16,19H,12-15H2,1H3,(H,23,24);1H. The Labute approximate surface area is 182 Å². The van der Waals surface area contributed by atoms with Crippen molar-refractivity contribution < 1.29 is 4.42 Å². The van der Waals surface area contributed by atoms with Crippen LogP contribution in [0.2, 0.25) is 0 Å². The van der Waals surface area contributed by atoms with Crippen molar-refractivity contribution in [2.45, 2.75) is 18.9 Å². The minimum atomic E-state index is 0. The molecule has 0 amide bonds. The molecule has 2 aromatic carbocycles. The Hall–Kier alpha value is -2.35. The highest BCUT2D eigenvalue weighted by Gasteiger charge is 2.25. The van der Waals surface area contributed by atoms with Crippen molar-refractivity contribution in [1.82, 2.24) is 15.2 Å². The third kappa shape index (κ3) is 4.73. The first-order valence-corrected chi connectivity index (χ1v) is 9.34. The largest absolute Gasteiger partial charge is 0.444 e. The summed E-state index contributed by atoms with van der Waals surface area (Å²) >= 11 is 0. The Kier molecular flexibility index (Phi) is 7.08. The van der Waals surface area contributed by atoms with Gasteiger partial charge in [-0.25, -0.2) is 4.98 Å². The Morgan fingerprint density at radius 3 is 2.57 bits per heavy atom. The Balaban J connectivity index is 0.00000225. The second-order valence-electron chi connectivity index (χ2n) is 6.75. The smallest absolute Gasteiger partial charge is 0.226 e. The van der Waals surface area contributed by atoms with E-state index in [-0.39, 0.29) is 24.0 Å². The zero-order chi connectivity index (χ0) is 18.5. The first kappa shape index (κ1) is 20.4. The van der Waals surface area contributed by atoms with E-state index in [9.17, 15) is 0 Å². The van der Waals surface area contributed by atoms with Gasteiger partial charge in [-0.2, -0.15) is 0 Å². The number of aliphatic imine (C=N–C) groups is 1. The third-order valence-electron chi connectivity index (χ3n) is 4.97. The Morgan fingerprint density at radius 1 is 1.14 bits per heavy atom. The number of benzene rings is 2. The number of hydrogen-bond acceptors (Lipinski definition) is 3. The molecule has 1 aliphatic heterocycles. The predicted octanol–water partition coefficient (Wildman–Crippen LogP) is 4.52. The molecule has 28 heavy (non-hydrogen) atoms. The zero-order valence-electron chi connectivity index (χ0n) is 15.9. The molecule has 0 bridgehead atoms. The molecule has 0 spiro atoms. The number of oxazole rings is 1. The van der Waals surface area contributed by atoms with Crippen molar-refractivity contribution in [2.75, 3.05) is 20.1 Å². The highest BCUT2D eigenvalue weighted by atomic mass is 127. The number of likely N-dealkylation sites (tertiary alicyclic amines) is 1. The van der Waals surface area contributed by atoms with E-state index in [1.54, 1.807) is 6.26 Å². The lowest BCUT2D eigenvalue weighted by Gasteiger charge is -2.21. The van der Waals surface area contributed by atoms with Gasteiger partial charge >= 0.3 is 0 Å². The lowest BCUT2D eigenvalue weighted by molar-refractivity contribution is 0.485. The highest BCUT2D eigenvalue weighted by molar-refractivity contribution is 14.0. The number of nitrogens with one attached hydrogen (secondary N) is 1. The fourth-order valence-corrected chi connectivity index (χ4v) is 3.55. The van der Waals surface area contributed by atoms with Crippen LogP contribution in [0.5, 0.6) is 0 Å². The molecule has 1 aliphatic rings. The minimum Gasteiger partial charge on any atom is -0.444 e. The molecule has 146 valence electrons. The van der Waals surface area contributed by atoms with Crippen LogP contribution in [0.15, 0.2) is 76.3 Å². The van der Waals surface area contributed by atoms with Crippen molar-refractivity contribution in [3.8, 4) is 11.5 Å². The maximum Gasteiger partial charge on any atom is 0.226 e. The van der Waals surface area contributed by atoms with Gasteiger partial charge in [0, 0.05) is 31.6 Å². The monoisotopic (exact) mass is 488 g/mol. The van der Waals surface area contributed by atoms with Crippen molar-refractivity contribution in [3.05, 3.63) is 78.2 Å². The third-order valence-corrected chi connectivity index (χ3v) is 4.97. The van der Waals surface area contributed by atoms with Gasteiger partial charge in [0.1, 0.15) is 6.26 Å². The van der Waals surface area contributed by atoms with Crippen LogP contribution in [0.4, 0.5) is 0 Å². The van der Waals surface area contributed by atoms with Gasteiger partial charge in [0.2, 0.25) is 5.89 Å². The van der Waals surface area contributed by atoms with Crippen LogP contribution in [0, 0.1) is 0 Å². The summed E-state index contributed by atoms with van der Waals surface area (Å²) in [7, 11) is 1.83. The van der Waals surface area contributed by atoms with Crippen LogP contribution >= 0.6 is 24.0 Å². The summed E-state index contributed by atoms with van der Waals surface area (Å²) in [6.45, 7) is 2.58. The topological polar surface area (TPSA) is 53.7 Å². The fraction of sp³-hybridized carbons (Fsp3) is 0.273. The summed E-state index contributed by atoms with van der Waals surface area (Å²) in [5.41, 5.74) is 3.26. The van der Waals surface area contributed by atoms with E-state index >= 15 is 0 Å². The second-order valence-corrected chi connectivity index (χ2v) is 6.75. The molecular weight excluding hydrogens is 463 g/mol. The minimum absolute atomic E-state index is 0. The summed E-state index contributed by atoms with van der Waals surface area (Å²) in [5, 5.41) is 3.42. The van der Waals surface area contributed by atoms with E-state index < -0.39 is 0 Å². The van der Waals surface area contributed by atoms with Crippen LogP contribution in [0.3, 0.4) is 0 Å². The molecule has 0 saturated carbocycles. The van der Waals surface area contributed by atoms with E-state index in [4.69, 9.17) is 4.42 Å². The molecule has 3 aromatic rings. The number of halogens is 1. The lowest BCUT2D eigenvalue weighted by atomic mass is 9.99. The molecule has 1 saturated heterocycles. The summed E-state index contributed by atoms with van der Waals surface area (Å²) in [5.74, 6) is 2.12. The van der Waals surface area contributed by atoms with E-state index in [2.05, 4.69) is 50.5 Å². The molecule has 0 radical (unpaired) electrons. The SMILES string of the molecule is CN=C(NCc1coc(-c2ccccc2)n1)N1CCC(c2ccccc2)C1.I. The molecule has 1 N–H and O–H groups in total. The van der Waals surface area contributed by atoms with Crippen LogP contribution < -0.4 is 5.32 Å². The number of rotatable bonds is 4. The van der Waals surface area contributed by atoms with Crippen LogP contribution in [0.1, 0.15) is 23.6 Å². The number of aromatic nitrogens is 1. The Bertz CT molecular complexity index is 895. The highest BCUT2D eigenvalue weighted by Crippen LogP contribution is 2.27. The molecule has 1 fully saturated rings. The van der Waals surface area contributed by atoms with Crippen LogP contribution in [-0.4, -0.2) is 36.0 Å². The van der Waals surface area contributed by atoms with Gasteiger partial charge in [-0.1, -0.05) is 48.5 Å². The second kappa shape index (κ2) is 9.73. The van der Waals surface area contributed by atoms with Gasteiger partial charge in [-0.05, 0) is 24.1 Å². The number of nitrogens with zero attached hydrogens (tertiary/aromatic N) is 3. The van der Waals surface area contributed by atoms with Gasteiger partial charge in [0.15, 0.2) is 5.96 Å². The predicted molar refractivity (Wildman–Crippen MR) is 123 cm³/mol. The van der Waals surface area contributed by atoms with Gasteiger partial charge in [0.05, 0.1) is 12.2 Å². The molecule has 5 nitrogen and oxygen atoms in total. The molecule has 4 rings (SSSR count).